The van der Waals surface area contributed by atoms with Gasteiger partial charge in [-0.25, -0.2) is 5.10 Å². The number of halogens is 6. The van der Waals surface area contributed by atoms with Crippen LogP contribution in [0.1, 0.15) is 0 Å². The smallest absolute Gasteiger partial charge is 1.00 e. The minimum absolute atomic E-state index is 0. The minimum atomic E-state index is -5.01. The van der Waals surface area contributed by atoms with Gasteiger partial charge in [-0.05, 0) is 0 Å². The summed E-state index contributed by atoms with van der Waals surface area (Å²) in [6.07, 6.45) is -2.60. The Balaban J connectivity index is -0.0000000689. The monoisotopic (exact) mass is 518 g/mol. The molecule has 2 heterocycles. The molecule has 30 heavy (non-hydrogen) atoms. The third kappa shape index (κ3) is 21.3. The van der Waals surface area contributed by atoms with Crippen molar-refractivity contribution in [3.63, 3.8) is 0 Å². The molecule has 0 unspecified atom stereocenters. The number of hydrogen-bond acceptors (Lipinski definition) is 12. The van der Waals surface area contributed by atoms with Crippen molar-refractivity contribution in [1.82, 2.24) is 30.4 Å². The van der Waals surface area contributed by atoms with Crippen LogP contribution >= 0.6 is 0 Å². The molecule has 0 amide bonds. The average molecular weight is 518 g/mol. The van der Waals surface area contributed by atoms with Crippen LogP contribution < -0.4 is 47.4 Å². The second kappa shape index (κ2) is 20.9. The number of rotatable bonds is 2. The summed E-state index contributed by atoms with van der Waals surface area (Å²) in [5, 5.41) is 6.93. The summed E-state index contributed by atoms with van der Waals surface area (Å²) in [6.45, 7) is 0. The first kappa shape index (κ1) is 42.7. The molecular formula is C4H2F6Li2N6O8S4. The van der Waals surface area contributed by atoms with Crippen molar-refractivity contribution in [1.29, 1.82) is 0 Å². The van der Waals surface area contributed by atoms with Gasteiger partial charge in [0.15, 0.2) is 6.08 Å². The number of nitrogens with zero attached hydrogens (tertiary/aromatic N) is 5. The molecule has 0 saturated heterocycles. The topological polar surface area (TPSA) is 218 Å². The Labute approximate surface area is 193 Å². The molecule has 0 saturated carbocycles. The molecule has 1 N–H and O–H groups in total. The van der Waals surface area contributed by atoms with Crippen molar-refractivity contribution in [2.45, 2.75) is 10.3 Å². The zero-order chi connectivity index (χ0) is 21.0. The van der Waals surface area contributed by atoms with Crippen molar-refractivity contribution in [2.75, 3.05) is 0 Å². The van der Waals surface area contributed by atoms with E-state index in [2.05, 4.69) is 25.3 Å². The van der Waals surface area contributed by atoms with Gasteiger partial charge in [-0.3, -0.25) is 4.70 Å². The molecular weight excluding hydrogens is 516 g/mol. The van der Waals surface area contributed by atoms with Gasteiger partial charge in [-0.15, -0.1) is 5.10 Å². The number of hydrogen-bond donors (Lipinski definition) is 1. The van der Waals surface area contributed by atoms with Gasteiger partial charge in [0.1, 0.15) is 5.16 Å². The zero-order valence-corrected chi connectivity index (χ0v) is 17.2. The van der Waals surface area contributed by atoms with E-state index in [-0.39, 0.29) is 47.1 Å². The molecule has 0 bridgehead atoms. The van der Waals surface area contributed by atoms with E-state index < -0.39 is 66.1 Å². The maximum atomic E-state index is 11.8. The second-order valence-corrected chi connectivity index (χ2v) is 5.54. The van der Waals surface area contributed by atoms with E-state index in [9.17, 15) is 33.4 Å². The summed E-state index contributed by atoms with van der Waals surface area (Å²) >= 11 is -1.50. The fourth-order valence-electron chi connectivity index (χ4n) is 0.648. The summed E-state index contributed by atoms with van der Waals surface area (Å²) in [7, 11) is -9.98. The van der Waals surface area contributed by atoms with Crippen LogP contribution in [-0.2, 0) is 43.6 Å². The van der Waals surface area contributed by atoms with Crippen molar-refractivity contribution in [2.24, 2.45) is 0 Å². The van der Waals surface area contributed by atoms with Gasteiger partial charge in [0.05, 0.1) is 0 Å². The fraction of sp³-hybridized carbons (Fsp3) is 0. The molecule has 2 aromatic rings. The van der Waals surface area contributed by atoms with Crippen molar-refractivity contribution in [3.05, 3.63) is 12.2 Å². The summed E-state index contributed by atoms with van der Waals surface area (Å²) < 4.78 is 120. The molecule has 14 nitrogen and oxygen atoms in total. The maximum Gasteiger partial charge on any atom is 1.00 e. The van der Waals surface area contributed by atoms with Crippen LogP contribution in [0, 0.1) is 12.2 Å². The molecule has 0 fully saturated rings. The molecule has 0 spiro atoms. The van der Waals surface area contributed by atoms with Gasteiger partial charge < -0.3 is 19.9 Å². The van der Waals surface area contributed by atoms with E-state index in [0.717, 1.165) is 0 Å². The first-order valence-corrected chi connectivity index (χ1v) is 8.77. The van der Waals surface area contributed by atoms with Gasteiger partial charge in [-0.1, -0.05) is 7.77 Å². The molecule has 0 aliphatic rings. The van der Waals surface area contributed by atoms with E-state index in [1.807, 2.05) is 0 Å². The van der Waals surface area contributed by atoms with E-state index in [1.54, 1.807) is 0 Å². The Morgan fingerprint density at radius 3 is 1.40 bits per heavy atom. The van der Waals surface area contributed by atoms with E-state index in [1.165, 1.54) is 5.10 Å². The van der Waals surface area contributed by atoms with E-state index in [4.69, 9.17) is 16.8 Å². The summed E-state index contributed by atoms with van der Waals surface area (Å²) in [6, 6.07) is 0. The molecule has 0 aromatic carbocycles. The third-order valence-electron chi connectivity index (χ3n) is 1.28. The number of aromatic nitrogens is 6. The van der Waals surface area contributed by atoms with E-state index >= 15 is 0 Å². The predicted octanol–water partition coefficient (Wildman–Crippen LogP) is -11.3. The van der Waals surface area contributed by atoms with Gasteiger partial charge in [0, 0.05) is 0 Å². The normalized spacial score (nSPS) is 8.67. The molecule has 2 aromatic heterocycles. The van der Waals surface area contributed by atoms with Crippen molar-refractivity contribution in [3.8, 4) is 0 Å². The van der Waals surface area contributed by atoms with Gasteiger partial charge >= 0.3 is 92.5 Å². The Morgan fingerprint density at radius 2 is 1.27 bits per heavy atom. The Kier molecular flexibility index (Phi) is 29.6. The molecule has 0 atom stereocenters. The quantitative estimate of drug-likeness (QED) is 0.222. The number of nitrogens with one attached hydrogen (secondary N) is 1. The summed E-state index contributed by atoms with van der Waals surface area (Å²) in [4.78, 5) is 5.12. The number of H-pyrrole nitrogens is 1. The Morgan fingerprint density at radius 1 is 0.867 bits per heavy atom. The van der Waals surface area contributed by atoms with Crippen molar-refractivity contribution >= 4 is 43.6 Å². The predicted molar refractivity (Wildman–Crippen MR) is 68.6 cm³/mol. The van der Waals surface area contributed by atoms with Crippen LogP contribution in [0.4, 0.5) is 21.3 Å². The van der Waals surface area contributed by atoms with Crippen LogP contribution in [0.3, 0.4) is 0 Å². The molecule has 0 radical (unpaired) electrons. The van der Waals surface area contributed by atoms with Crippen LogP contribution in [0.5, 0.6) is 0 Å². The Hall–Kier alpha value is -1.41. The SMILES string of the molecule is F.O=S(=O)(F)c1n[nH]c(F)n1.O=S(=O)(F)c1nnc(F)[n-]1.O=S=O.O=S=O.[F-].[Li+].[Li+]. The van der Waals surface area contributed by atoms with Crippen LogP contribution in [-0.4, -0.2) is 59.0 Å². The molecule has 164 valence electrons. The van der Waals surface area contributed by atoms with Crippen LogP contribution in [0.2, 0.25) is 0 Å². The third-order valence-corrected chi connectivity index (χ3v) is 2.51. The molecule has 0 aliphatic heterocycles. The molecule has 0 aliphatic carbocycles. The van der Waals surface area contributed by atoms with Crippen LogP contribution in [0.25, 0.3) is 0 Å². The first-order valence-electron chi connectivity index (χ1n) is 4.67. The second-order valence-electron chi connectivity index (χ2n) is 2.78. The van der Waals surface area contributed by atoms with Gasteiger partial charge in [0.2, 0.25) is 0 Å². The summed E-state index contributed by atoms with van der Waals surface area (Å²) in [5.41, 5.74) is 0. The zero-order valence-electron chi connectivity index (χ0n) is 13.9. The largest absolute Gasteiger partial charge is 1.00 e. The molecule has 26 heteroatoms. The minimum Gasteiger partial charge on any atom is -1.00 e. The number of aromatic amines is 1. The van der Waals surface area contributed by atoms with E-state index in [0.29, 0.717) is 0 Å². The maximum absolute atomic E-state index is 11.8. The first-order chi connectivity index (χ1) is 11.8. The molecule has 2 rings (SSSR count). The summed E-state index contributed by atoms with van der Waals surface area (Å²) in [5.74, 6) is 0. The average Bonchev–Trinajstić information content (AvgIpc) is 3.09. The van der Waals surface area contributed by atoms with Crippen molar-refractivity contribution < 1.29 is 97.4 Å². The Bertz CT molecular complexity index is 909. The van der Waals surface area contributed by atoms with Gasteiger partial charge in [0.25, 0.3) is 0 Å². The van der Waals surface area contributed by atoms with Gasteiger partial charge in [-0.2, -0.15) is 47.4 Å². The standard InChI is InChI=1S/C2HF2N3O2S.C2F2N3O2S.2FH.2Li.2O2S/c2*3-1-5-2(7-6-1)10(4,8)9;;;;;2*1-3-2/h(H,5,6,7);;2*1H;;;;/q;-1;;;2*+1;;/p-1. The van der Waals surface area contributed by atoms with Crippen LogP contribution in [0.15, 0.2) is 10.3 Å². The fourth-order valence-corrected chi connectivity index (χ4v) is 1.31.